The maximum atomic E-state index is 12.2. The van der Waals surface area contributed by atoms with E-state index in [0.29, 0.717) is 38.2 Å². The number of aromatic nitrogens is 3. The summed E-state index contributed by atoms with van der Waals surface area (Å²) in [6.45, 7) is 0.217. The highest BCUT2D eigenvalue weighted by molar-refractivity contribution is 7.99. The number of ether oxygens (including phenoxy) is 2. The zero-order valence-electron chi connectivity index (χ0n) is 15.7. The van der Waals surface area contributed by atoms with Gasteiger partial charge in [0.1, 0.15) is 6.61 Å². The Kier molecular flexibility index (Phi) is 7.24. The molecule has 29 heavy (non-hydrogen) atoms. The van der Waals surface area contributed by atoms with Crippen LogP contribution < -0.4 is 14.8 Å². The van der Waals surface area contributed by atoms with Crippen molar-refractivity contribution in [3.8, 4) is 11.5 Å². The minimum absolute atomic E-state index is 0.141. The van der Waals surface area contributed by atoms with Gasteiger partial charge in [0, 0.05) is 7.05 Å². The van der Waals surface area contributed by atoms with Crippen LogP contribution in [0.1, 0.15) is 5.82 Å². The smallest absolute Gasteiger partial charge is 0.234 e. The summed E-state index contributed by atoms with van der Waals surface area (Å²) in [7, 11) is 3.40. The van der Waals surface area contributed by atoms with Gasteiger partial charge >= 0.3 is 0 Å². The average Bonchev–Trinajstić information content (AvgIpc) is 3.08. The number of para-hydroxylation sites is 2. The Bertz CT molecular complexity index is 1010. The summed E-state index contributed by atoms with van der Waals surface area (Å²) in [5, 5.41) is 12.3. The minimum Gasteiger partial charge on any atom is -0.493 e. The third-order valence-electron chi connectivity index (χ3n) is 3.91. The number of carbonyl (C=O) groups is 1. The molecule has 0 saturated heterocycles. The Labute approximate surface area is 182 Å². The van der Waals surface area contributed by atoms with Crippen LogP contribution in [0.2, 0.25) is 10.0 Å². The summed E-state index contributed by atoms with van der Waals surface area (Å²) in [5.41, 5.74) is 0.466. The van der Waals surface area contributed by atoms with Crippen LogP contribution in [0, 0.1) is 0 Å². The number of rotatable bonds is 8. The molecule has 3 rings (SSSR count). The first-order chi connectivity index (χ1) is 14.0. The Morgan fingerprint density at radius 3 is 2.66 bits per heavy atom. The van der Waals surface area contributed by atoms with E-state index in [1.165, 1.54) is 11.8 Å². The summed E-state index contributed by atoms with van der Waals surface area (Å²) < 4.78 is 12.8. The first kappa shape index (κ1) is 21.3. The average molecular weight is 453 g/mol. The highest BCUT2D eigenvalue weighted by Crippen LogP contribution is 2.30. The lowest BCUT2D eigenvalue weighted by Crippen LogP contribution is -2.15. The van der Waals surface area contributed by atoms with Crippen molar-refractivity contribution in [2.75, 3.05) is 18.2 Å². The Balaban J connectivity index is 1.56. The lowest BCUT2D eigenvalue weighted by atomic mass is 10.3. The van der Waals surface area contributed by atoms with Crippen molar-refractivity contribution in [3.05, 3.63) is 58.3 Å². The van der Waals surface area contributed by atoms with Crippen LogP contribution in [-0.4, -0.2) is 33.5 Å². The lowest BCUT2D eigenvalue weighted by molar-refractivity contribution is -0.113. The molecule has 0 aliphatic carbocycles. The molecule has 2 aromatic carbocycles. The number of amides is 1. The van der Waals surface area contributed by atoms with Gasteiger partial charge in [-0.1, -0.05) is 53.2 Å². The van der Waals surface area contributed by atoms with E-state index in [2.05, 4.69) is 15.5 Å². The molecule has 152 valence electrons. The highest BCUT2D eigenvalue weighted by atomic mass is 35.5. The molecule has 0 radical (unpaired) electrons. The largest absolute Gasteiger partial charge is 0.493 e. The third-order valence-corrected chi connectivity index (χ3v) is 5.75. The molecule has 1 amide bonds. The molecule has 0 atom stereocenters. The van der Waals surface area contributed by atoms with Crippen molar-refractivity contribution in [1.29, 1.82) is 0 Å². The first-order valence-electron chi connectivity index (χ1n) is 8.50. The summed E-state index contributed by atoms with van der Waals surface area (Å²) in [4.78, 5) is 12.2. The second-order valence-corrected chi connectivity index (χ2v) is 7.56. The van der Waals surface area contributed by atoms with Crippen LogP contribution in [-0.2, 0) is 18.4 Å². The van der Waals surface area contributed by atoms with Crippen LogP contribution >= 0.6 is 35.0 Å². The van der Waals surface area contributed by atoms with Crippen LogP contribution in [0.25, 0.3) is 0 Å². The van der Waals surface area contributed by atoms with Crippen LogP contribution in [0.5, 0.6) is 11.5 Å². The zero-order chi connectivity index (χ0) is 20.8. The number of hydrogen-bond acceptors (Lipinski definition) is 6. The molecular weight excluding hydrogens is 435 g/mol. The van der Waals surface area contributed by atoms with E-state index in [1.54, 1.807) is 29.9 Å². The van der Waals surface area contributed by atoms with Gasteiger partial charge in [0.15, 0.2) is 22.5 Å². The fourth-order valence-electron chi connectivity index (χ4n) is 2.39. The fourth-order valence-corrected chi connectivity index (χ4v) is 3.47. The van der Waals surface area contributed by atoms with Gasteiger partial charge in [-0.25, -0.2) is 0 Å². The molecular formula is C19H18Cl2N4O3S. The molecule has 0 unspecified atom stereocenters. The van der Waals surface area contributed by atoms with E-state index in [4.69, 9.17) is 32.7 Å². The number of nitrogens with zero attached hydrogens (tertiary/aromatic N) is 3. The molecule has 0 aliphatic rings. The number of methoxy groups -OCH3 is 1. The molecule has 3 aromatic rings. The van der Waals surface area contributed by atoms with Crippen molar-refractivity contribution in [1.82, 2.24) is 14.8 Å². The predicted octanol–water partition coefficient (Wildman–Crippen LogP) is 4.44. The van der Waals surface area contributed by atoms with Crippen molar-refractivity contribution < 1.29 is 14.3 Å². The van der Waals surface area contributed by atoms with Gasteiger partial charge in [0.25, 0.3) is 0 Å². The number of halogens is 2. The van der Waals surface area contributed by atoms with Crippen molar-refractivity contribution in [2.24, 2.45) is 7.05 Å². The molecule has 0 fully saturated rings. The topological polar surface area (TPSA) is 78.3 Å². The SMILES string of the molecule is COc1ccccc1OCc1nnc(SCC(=O)Nc2cccc(Cl)c2Cl)n1C. The lowest BCUT2D eigenvalue weighted by Gasteiger charge is -2.10. The second kappa shape index (κ2) is 9.87. The van der Waals surface area contributed by atoms with Crippen LogP contribution in [0.3, 0.4) is 0 Å². The summed E-state index contributed by atoms with van der Waals surface area (Å²) in [6.07, 6.45) is 0. The number of hydrogen-bond donors (Lipinski definition) is 1. The standard InChI is InChI=1S/C19H18Cl2N4O3S/c1-25-16(10-28-15-9-4-3-8-14(15)27-2)23-24-19(25)29-11-17(26)22-13-7-5-6-12(20)18(13)21/h3-9H,10-11H2,1-2H3,(H,22,26). The quantitative estimate of drug-likeness (QED) is 0.508. The monoisotopic (exact) mass is 452 g/mol. The molecule has 0 spiro atoms. The number of benzene rings is 2. The fraction of sp³-hybridized carbons (Fsp3) is 0.211. The Hall–Kier alpha value is -2.42. The molecule has 0 saturated carbocycles. The molecule has 7 nitrogen and oxygen atoms in total. The zero-order valence-corrected chi connectivity index (χ0v) is 18.0. The van der Waals surface area contributed by atoms with Gasteiger partial charge in [-0.15, -0.1) is 10.2 Å². The van der Waals surface area contributed by atoms with E-state index in [9.17, 15) is 4.79 Å². The van der Waals surface area contributed by atoms with E-state index in [0.717, 1.165) is 0 Å². The molecule has 0 bridgehead atoms. The van der Waals surface area contributed by atoms with E-state index < -0.39 is 0 Å². The van der Waals surface area contributed by atoms with E-state index >= 15 is 0 Å². The van der Waals surface area contributed by atoms with Gasteiger partial charge in [-0.2, -0.15) is 0 Å². The maximum absolute atomic E-state index is 12.2. The maximum Gasteiger partial charge on any atom is 0.234 e. The molecule has 0 aliphatic heterocycles. The van der Waals surface area contributed by atoms with Crippen LogP contribution in [0.4, 0.5) is 5.69 Å². The minimum atomic E-state index is -0.228. The van der Waals surface area contributed by atoms with Gasteiger partial charge in [-0.3, -0.25) is 4.79 Å². The van der Waals surface area contributed by atoms with Crippen molar-refractivity contribution in [3.63, 3.8) is 0 Å². The van der Waals surface area contributed by atoms with Gasteiger partial charge in [0.2, 0.25) is 5.91 Å². The first-order valence-corrected chi connectivity index (χ1v) is 10.2. The number of thioether (sulfide) groups is 1. The van der Waals surface area contributed by atoms with E-state index in [-0.39, 0.29) is 18.3 Å². The summed E-state index contributed by atoms with van der Waals surface area (Å²) in [5.74, 6) is 1.79. The highest BCUT2D eigenvalue weighted by Gasteiger charge is 2.14. The number of anilines is 1. The van der Waals surface area contributed by atoms with Gasteiger partial charge in [-0.05, 0) is 24.3 Å². The Morgan fingerprint density at radius 1 is 1.14 bits per heavy atom. The predicted molar refractivity (Wildman–Crippen MR) is 114 cm³/mol. The Morgan fingerprint density at radius 2 is 1.90 bits per heavy atom. The van der Waals surface area contributed by atoms with Gasteiger partial charge in [0.05, 0.1) is 28.6 Å². The van der Waals surface area contributed by atoms with Crippen molar-refractivity contribution >= 4 is 46.6 Å². The number of carbonyl (C=O) groups excluding carboxylic acids is 1. The second-order valence-electron chi connectivity index (χ2n) is 5.84. The molecule has 1 aromatic heterocycles. The number of nitrogens with one attached hydrogen (secondary N) is 1. The van der Waals surface area contributed by atoms with Crippen LogP contribution in [0.15, 0.2) is 47.6 Å². The third kappa shape index (κ3) is 5.35. The summed E-state index contributed by atoms with van der Waals surface area (Å²) in [6, 6.07) is 12.4. The molecule has 10 heteroatoms. The molecule has 1 N–H and O–H groups in total. The normalized spacial score (nSPS) is 10.6. The van der Waals surface area contributed by atoms with Crippen molar-refractivity contribution in [2.45, 2.75) is 11.8 Å². The van der Waals surface area contributed by atoms with Gasteiger partial charge < -0.3 is 19.4 Å². The summed E-state index contributed by atoms with van der Waals surface area (Å²) >= 11 is 13.3. The van der Waals surface area contributed by atoms with E-state index in [1.807, 2.05) is 31.3 Å². The molecule has 1 heterocycles.